The SMILES string of the molecule is O=C(C1=CC2=CC=C[N@@+]2(N2CCN(c3nc4ccccc4n3-c3ccccc3)CC2)C1)N1CCSC1. The molecule has 4 aliphatic heterocycles. The maximum Gasteiger partial charge on any atom is 0.256 e. The molecule has 8 heteroatoms. The Morgan fingerprint density at radius 1 is 0.944 bits per heavy atom. The fourth-order valence-corrected chi connectivity index (χ4v) is 6.81. The number of carbonyl (C=O) groups is 1. The van der Waals surface area contributed by atoms with E-state index in [1.807, 2.05) is 16.7 Å². The third-order valence-electron chi connectivity index (χ3n) is 7.70. The largest absolute Gasteiger partial charge is 0.339 e. The van der Waals surface area contributed by atoms with Gasteiger partial charge in [-0.25, -0.2) is 4.98 Å². The average Bonchev–Trinajstić information content (AvgIpc) is 3.71. The van der Waals surface area contributed by atoms with Gasteiger partial charge < -0.3 is 9.80 Å². The maximum atomic E-state index is 13.1. The summed E-state index contributed by atoms with van der Waals surface area (Å²) in [5.41, 5.74) is 5.41. The van der Waals surface area contributed by atoms with Crippen molar-refractivity contribution in [2.75, 3.05) is 55.8 Å². The van der Waals surface area contributed by atoms with E-state index in [0.717, 1.165) is 72.6 Å². The lowest BCUT2D eigenvalue weighted by molar-refractivity contribution is -0.948. The first-order chi connectivity index (χ1) is 17.7. The number of quaternary nitrogens is 1. The molecule has 1 amide bonds. The van der Waals surface area contributed by atoms with Gasteiger partial charge in [0.1, 0.15) is 12.7 Å². The fraction of sp³-hybridized carbons (Fsp3) is 0.286. The highest BCUT2D eigenvalue weighted by atomic mass is 32.2. The number of carbonyl (C=O) groups excluding carboxylic acids is 1. The number of allylic oxidation sites excluding steroid dienone is 3. The van der Waals surface area contributed by atoms with Crippen molar-refractivity contribution in [2.24, 2.45) is 0 Å². The van der Waals surface area contributed by atoms with Crippen molar-refractivity contribution in [1.29, 1.82) is 0 Å². The number of thioether (sulfide) groups is 1. The summed E-state index contributed by atoms with van der Waals surface area (Å²) in [4.78, 5) is 22.6. The summed E-state index contributed by atoms with van der Waals surface area (Å²) in [6.45, 7) is 5.12. The predicted molar refractivity (Wildman–Crippen MR) is 144 cm³/mol. The van der Waals surface area contributed by atoms with E-state index in [0.29, 0.717) is 11.1 Å². The number of nitrogens with zero attached hydrogens (tertiary/aromatic N) is 6. The van der Waals surface area contributed by atoms with Crippen LogP contribution in [0.25, 0.3) is 16.7 Å². The summed E-state index contributed by atoms with van der Waals surface area (Å²) in [5, 5.41) is 2.51. The molecule has 36 heavy (non-hydrogen) atoms. The third-order valence-corrected chi connectivity index (χ3v) is 8.66. The number of benzene rings is 2. The molecule has 2 aromatic carbocycles. The molecule has 3 aromatic rings. The van der Waals surface area contributed by atoms with Gasteiger partial charge in [0.05, 0.1) is 35.6 Å². The first-order valence-electron chi connectivity index (χ1n) is 12.6. The normalized spacial score (nSPS) is 23.9. The number of hydrogen-bond acceptors (Lipinski definition) is 5. The molecule has 2 saturated heterocycles. The second-order valence-electron chi connectivity index (χ2n) is 9.71. The van der Waals surface area contributed by atoms with Crippen molar-refractivity contribution in [3.05, 3.63) is 90.3 Å². The highest BCUT2D eigenvalue weighted by molar-refractivity contribution is 7.99. The Morgan fingerprint density at radius 3 is 2.56 bits per heavy atom. The molecule has 5 heterocycles. The van der Waals surface area contributed by atoms with E-state index in [1.165, 1.54) is 5.70 Å². The molecule has 1 atom stereocenters. The maximum absolute atomic E-state index is 13.1. The van der Waals surface area contributed by atoms with E-state index in [2.05, 4.69) is 93.5 Å². The lowest BCUT2D eigenvalue weighted by Gasteiger charge is -2.44. The number of amides is 1. The summed E-state index contributed by atoms with van der Waals surface area (Å²) in [5.74, 6) is 3.05. The molecule has 0 aliphatic carbocycles. The molecular weight excluding hydrogens is 468 g/mol. The van der Waals surface area contributed by atoms with Gasteiger partial charge in [-0.15, -0.1) is 16.8 Å². The van der Waals surface area contributed by atoms with Crippen molar-refractivity contribution in [3.63, 3.8) is 0 Å². The quantitative estimate of drug-likeness (QED) is 0.514. The summed E-state index contributed by atoms with van der Waals surface area (Å²) >= 11 is 1.84. The Balaban J connectivity index is 1.13. The minimum Gasteiger partial charge on any atom is -0.339 e. The molecule has 0 radical (unpaired) electrons. The van der Waals surface area contributed by atoms with Crippen LogP contribution in [0.4, 0.5) is 5.95 Å². The van der Waals surface area contributed by atoms with Crippen LogP contribution in [-0.4, -0.2) is 80.9 Å². The van der Waals surface area contributed by atoms with Crippen LogP contribution in [0.1, 0.15) is 0 Å². The number of aromatic nitrogens is 2. The number of rotatable bonds is 4. The van der Waals surface area contributed by atoms with Crippen LogP contribution in [0.2, 0.25) is 0 Å². The third kappa shape index (κ3) is 3.43. The van der Waals surface area contributed by atoms with Crippen molar-refractivity contribution in [1.82, 2.24) is 19.5 Å². The number of imidazole rings is 1. The highest BCUT2D eigenvalue weighted by Gasteiger charge is 2.48. The molecule has 4 aliphatic rings. The zero-order valence-corrected chi connectivity index (χ0v) is 21.0. The Labute approximate surface area is 215 Å². The molecule has 7 nitrogen and oxygen atoms in total. The molecular formula is C28H29N6OS+. The zero-order chi connectivity index (χ0) is 24.1. The van der Waals surface area contributed by atoms with Crippen molar-refractivity contribution >= 4 is 34.7 Å². The Bertz CT molecular complexity index is 1410. The molecule has 0 unspecified atom stereocenters. The van der Waals surface area contributed by atoms with Crippen LogP contribution in [0.5, 0.6) is 0 Å². The van der Waals surface area contributed by atoms with Crippen LogP contribution in [0, 0.1) is 0 Å². The zero-order valence-electron chi connectivity index (χ0n) is 20.2. The number of fused-ring (bicyclic) bond motifs is 2. The van der Waals surface area contributed by atoms with Crippen LogP contribution >= 0.6 is 11.8 Å². The summed E-state index contributed by atoms with van der Waals surface area (Å²) in [7, 11) is 0. The van der Waals surface area contributed by atoms with Gasteiger partial charge in [-0.1, -0.05) is 30.3 Å². The van der Waals surface area contributed by atoms with E-state index < -0.39 is 0 Å². The van der Waals surface area contributed by atoms with Gasteiger partial charge in [0.15, 0.2) is 5.70 Å². The van der Waals surface area contributed by atoms with Crippen LogP contribution in [0.3, 0.4) is 0 Å². The van der Waals surface area contributed by atoms with Gasteiger partial charge in [-0.3, -0.25) is 9.36 Å². The molecule has 2 fully saturated rings. The average molecular weight is 498 g/mol. The van der Waals surface area contributed by atoms with Crippen molar-refractivity contribution in [2.45, 2.75) is 0 Å². The smallest absolute Gasteiger partial charge is 0.256 e. The molecule has 0 saturated carbocycles. The van der Waals surface area contributed by atoms with Crippen molar-refractivity contribution < 1.29 is 9.39 Å². The lowest BCUT2D eigenvalue weighted by atomic mass is 10.2. The molecule has 1 aromatic heterocycles. The van der Waals surface area contributed by atoms with Gasteiger partial charge in [0.2, 0.25) is 5.95 Å². The van der Waals surface area contributed by atoms with E-state index in [-0.39, 0.29) is 5.91 Å². The number of piperazine rings is 1. The summed E-state index contributed by atoms with van der Waals surface area (Å²) in [6.07, 6.45) is 8.69. The van der Waals surface area contributed by atoms with Crippen LogP contribution in [-0.2, 0) is 4.79 Å². The molecule has 182 valence electrons. The van der Waals surface area contributed by atoms with E-state index >= 15 is 0 Å². The van der Waals surface area contributed by atoms with Gasteiger partial charge in [0, 0.05) is 43.2 Å². The minimum atomic E-state index is 0.205. The monoisotopic (exact) mass is 497 g/mol. The fourth-order valence-electron chi connectivity index (χ4n) is 5.86. The Hall–Kier alpha value is -3.33. The molecule has 0 spiro atoms. The van der Waals surface area contributed by atoms with Crippen molar-refractivity contribution in [3.8, 4) is 5.69 Å². The van der Waals surface area contributed by atoms with E-state index in [9.17, 15) is 4.79 Å². The number of hydrogen-bond donors (Lipinski definition) is 0. The second-order valence-corrected chi connectivity index (χ2v) is 10.8. The molecule has 0 N–H and O–H groups in total. The Morgan fingerprint density at radius 2 is 1.75 bits per heavy atom. The van der Waals surface area contributed by atoms with Crippen LogP contribution < -0.4 is 4.90 Å². The summed E-state index contributed by atoms with van der Waals surface area (Å²) in [6, 6.07) is 18.9. The first kappa shape index (κ1) is 21.9. The Kier molecular flexibility index (Phi) is 5.27. The van der Waals surface area contributed by atoms with E-state index in [1.54, 1.807) is 0 Å². The van der Waals surface area contributed by atoms with Crippen LogP contribution in [0.15, 0.2) is 90.3 Å². The van der Waals surface area contributed by atoms with Gasteiger partial charge >= 0.3 is 0 Å². The molecule has 0 bridgehead atoms. The molecule has 7 rings (SSSR count). The second kappa shape index (κ2) is 8.65. The summed E-state index contributed by atoms with van der Waals surface area (Å²) < 4.78 is 2.92. The predicted octanol–water partition coefficient (Wildman–Crippen LogP) is 3.76. The number of para-hydroxylation sites is 3. The minimum absolute atomic E-state index is 0.205. The first-order valence-corrected chi connectivity index (χ1v) is 13.8. The van der Waals surface area contributed by atoms with Gasteiger partial charge in [0.25, 0.3) is 5.91 Å². The highest BCUT2D eigenvalue weighted by Crippen LogP contribution is 2.38. The topological polar surface area (TPSA) is 44.6 Å². The standard InChI is InChI=1S/C28H29N6OS/c35-27(31-16-18-36-21-31)22-19-24-9-6-17-34(24,20-22)32-14-12-30(13-15-32)28-29-25-10-4-5-11-26(25)33(28)23-7-2-1-3-8-23/h1-11,17,19H,12-16,18,20-21H2/q+1/t34-/m1/s1. The van der Waals surface area contributed by atoms with E-state index in [4.69, 9.17) is 4.98 Å². The number of anilines is 1. The lowest BCUT2D eigenvalue weighted by Crippen LogP contribution is -2.60. The van der Waals surface area contributed by atoms with Gasteiger partial charge in [-0.2, -0.15) is 4.59 Å². The van der Waals surface area contributed by atoms with Gasteiger partial charge in [-0.05, 0) is 30.3 Å².